The van der Waals surface area contributed by atoms with E-state index in [1.165, 1.54) is 11.8 Å². The molecule has 134 valence electrons. The number of nitriles is 1. The summed E-state index contributed by atoms with van der Waals surface area (Å²) in [4.78, 5) is 4.28. The van der Waals surface area contributed by atoms with Crippen LogP contribution in [0.2, 0.25) is 0 Å². The summed E-state index contributed by atoms with van der Waals surface area (Å²) in [6.07, 6.45) is 1.40. The van der Waals surface area contributed by atoms with Crippen molar-refractivity contribution in [1.82, 2.24) is 19.7 Å². The molecule has 1 unspecified atom stereocenters. The van der Waals surface area contributed by atoms with Gasteiger partial charge >= 0.3 is 0 Å². The Morgan fingerprint density at radius 2 is 2.07 bits per heavy atom. The molecule has 8 heteroatoms. The number of pyridine rings is 1. The third-order valence-electron chi connectivity index (χ3n) is 3.89. The zero-order chi connectivity index (χ0) is 18.6. The average molecular weight is 377 g/mol. The SMILES string of the molecule is C=CCn1c(Sc2cccc(C#N)n2)nnc1C1COc2ccccc2O1. The third kappa shape index (κ3) is 3.50. The second kappa shape index (κ2) is 7.51. The van der Waals surface area contributed by atoms with Gasteiger partial charge in [0, 0.05) is 6.54 Å². The molecule has 0 bridgehead atoms. The average Bonchev–Trinajstić information content (AvgIpc) is 3.10. The van der Waals surface area contributed by atoms with Crippen molar-refractivity contribution in [2.45, 2.75) is 22.8 Å². The van der Waals surface area contributed by atoms with Crippen LogP contribution in [0.3, 0.4) is 0 Å². The topological polar surface area (TPSA) is 85.9 Å². The molecule has 0 amide bonds. The lowest BCUT2D eigenvalue weighted by Gasteiger charge is -2.26. The Labute approximate surface area is 160 Å². The van der Waals surface area contributed by atoms with E-state index in [1.807, 2.05) is 41.0 Å². The summed E-state index contributed by atoms with van der Waals surface area (Å²) in [6, 6.07) is 14.9. The molecular formula is C19H15N5O2S. The predicted molar refractivity (Wildman–Crippen MR) is 98.6 cm³/mol. The summed E-state index contributed by atoms with van der Waals surface area (Å²) in [7, 11) is 0. The van der Waals surface area contributed by atoms with Gasteiger partial charge in [-0.05, 0) is 36.0 Å². The van der Waals surface area contributed by atoms with E-state index in [4.69, 9.17) is 14.7 Å². The zero-order valence-electron chi connectivity index (χ0n) is 14.3. The van der Waals surface area contributed by atoms with Gasteiger partial charge in [-0.25, -0.2) is 4.98 Å². The van der Waals surface area contributed by atoms with E-state index in [0.717, 1.165) is 5.75 Å². The van der Waals surface area contributed by atoms with Crippen LogP contribution in [0, 0.1) is 11.3 Å². The Morgan fingerprint density at radius 3 is 2.89 bits per heavy atom. The van der Waals surface area contributed by atoms with E-state index >= 15 is 0 Å². The highest BCUT2D eigenvalue weighted by Crippen LogP contribution is 2.36. The van der Waals surface area contributed by atoms with E-state index in [9.17, 15) is 0 Å². The number of rotatable bonds is 5. The highest BCUT2D eigenvalue weighted by atomic mass is 32.2. The molecule has 3 heterocycles. The fourth-order valence-electron chi connectivity index (χ4n) is 2.69. The number of fused-ring (bicyclic) bond motifs is 1. The van der Waals surface area contributed by atoms with E-state index in [2.05, 4.69) is 21.8 Å². The maximum absolute atomic E-state index is 9.02. The number of allylic oxidation sites excluding steroid dienone is 1. The number of hydrogen-bond donors (Lipinski definition) is 0. The van der Waals surface area contributed by atoms with Gasteiger partial charge in [0.25, 0.3) is 0 Å². The van der Waals surface area contributed by atoms with Crippen LogP contribution in [0.25, 0.3) is 0 Å². The van der Waals surface area contributed by atoms with Gasteiger partial charge in [-0.15, -0.1) is 16.8 Å². The minimum absolute atomic E-state index is 0.346. The van der Waals surface area contributed by atoms with Gasteiger partial charge in [0.15, 0.2) is 28.6 Å². The molecule has 4 rings (SSSR count). The van der Waals surface area contributed by atoms with Crippen molar-refractivity contribution >= 4 is 11.8 Å². The van der Waals surface area contributed by atoms with E-state index in [1.54, 1.807) is 18.2 Å². The van der Waals surface area contributed by atoms with Crippen LogP contribution >= 0.6 is 11.8 Å². The first kappa shape index (κ1) is 17.1. The molecule has 0 saturated carbocycles. The van der Waals surface area contributed by atoms with Crippen molar-refractivity contribution in [3.63, 3.8) is 0 Å². The van der Waals surface area contributed by atoms with Crippen molar-refractivity contribution in [2.75, 3.05) is 6.61 Å². The maximum atomic E-state index is 9.02. The third-order valence-corrected chi connectivity index (χ3v) is 4.81. The van der Waals surface area contributed by atoms with Gasteiger partial charge in [-0.2, -0.15) is 5.26 Å². The molecule has 0 saturated heterocycles. The number of benzene rings is 1. The maximum Gasteiger partial charge on any atom is 0.197 e. The van der Waals surface area contributed by atoms with Crippen molar-refractivity contribution in [3.8, 4) is 17.6 Å². The molecule has 3 aromatic rings. The van der Waals surface area contributed by atoms with E-state index in [0.29, 0.717) is 40.6 Å². The Bertz CT molecular complexity index is 1030. The highest BCUT2D eigenvalue weighted by molar-refractivity contribution is 7.99. The number of para-hydroxylation sites is 2. The van der Waals surface area contributed by atoms with Gasteiger partial charge in [-0.1, -0.05) is 24.3 Å². The molecule has 0 N–H and O–H groups in total. The van der Waals surface area contributed by atoms with Crippen molar-refractivity contribution in [1.29, 1.82) is 5.26 Å². The van der Waals surface area contributed by atoms with Crippen molar-refractivity contribution in [3.05, 3.63) is 66.6 Å². The van der Waals surface area contributed by atoms with Crippen LogP contribution in [-0.2, 0) is 6.54 Å². The number of nitrogens with zero attached hydrogens (tertiary/aromatic N) is 5. The Kier molecular flexibility index (Phi) is 4.77. The quantitative estimate of drug-likeness (QED) is 0.630. The number of ether oxygens (including phenoxy) is 2. The van der Waals surface area contributed by atoms with Crippen molar-refractivity contribution < 1.29 is 9.47 Å². The molecule has 0 fully saturated rings. The highest BCUT2D eigenvalue weighted by Gasteiger charge is 2.28. The molecule has 2 aromatic heterocycles. The van der Waals surface area contributed by atoms with Gasteiger partial charge in [0.1, 0.15) is 23.4 Å². The van der Waals surface area contributed by atoms with Gasteiger partial charge < -0.3 is 9.47 Å². The first-order chi connectivity index (χ1) is 13.3. The predicted octanol–water partition coefficient (Wildman–Crippen LogP) is 3.39. The van der Waals surface area contributed by atoms with E-state index < -0.39 is 0 Å². The lowest BCUT2D eigenvalue weighted by atomic mass is 10.2. The summed E-state index contributed by atoms with van der Waals surface area (Å²) in [5, 5.41) is 18.9. The molecule has 1 aliphatic heterocycles. The molecule has 7 nitrogen and oxygen atoms in total. The second-order valence-electron chi connectivity index (χ2n) is 5.68. The lowest BCUT2D eigenvalue weighted by Crippen LogP contribution is -2.25. The van der Waals surface area contributed by atoms with Gasteiger partial charge in [0.05, 0.1) is 0 Å². The number of hydrogen-bond acceptors (Lipinski definition) is 7. The van der Waals surface area contributed by atoms with Crippen LogP contribution in [-0.4, -0.2) is 26.4 Å². The second-order valence-corrected chi connectivity index (χ2v) is 6.67. The van der Waals surface area contributed by atoms with Crippen LogP contribution < -0.4 is 9.47 Å². The molecular weight excluding hydrogens is 362 g/mol. The minimum Gasteiger partial charge on any atom is -0.485 e. The first-order valence-electron chi connectivity index (χ1n) is 8.26. The first-order valence-corrected chi connectivity index (χ1v) is 9.07. The number of aromatic nitrogens is 4. The largest absolute Gasteiger partial charge is 0.485 e. The summed E-state index contributed by atoms with van der Waals surface area (Å²) in [5.74, 6) is 2.05. The van der Waals surface area contributed by atoms with Gasteiger partial charge in [-0.3, -0.25) is 4.57 Å². The van der Waals surface area contributed by atoms with Crippen LogP contribution in [0.15, 0.2) is 65.3 Å². The fraction of sp³-hybridized carbons (Fsp3) is 0.158. The molecule has 1 aliphatic rings. The summed E-state index contributed by atoms with van der Waals surface area (Å²) in [5.41, 5.74) is 0.357. The Hall–Kier alpha value is -3.31. The minimum atomic E-state index is -0.375. The molecule has 27 heavy (non-hydrogen) atoms. The monoisotopic (exact) mass is 377 g/mol. The van der Waals surface area contributed by atoms with Gasteiger partial charge in [0.2, 0.25) is 0 Å². The van der Waals surface area contributed by atoms with Crippen LogP contribution in [0.5, 0.6) is 11.5 Å². The van der Waals surface area contributed by atoms with Crippen LogP contribution in [0.4, 0.5) is 0 Å². The standard InChI is InChI=1S/C19H15N5O2S/c1-2-10-24-18(16-12-25-14-7-3-4-8-15(14)26-16)22-23-19(24)27-17-9-5-6-13(11-20)21-17/h2-9,16H,1,10,12H2. The summed E-state index contributed by atoms with van der Waals surface area (Å²) >= 11 is 1.34. The van der Waals surface area contributed by atoms with Crippen molar-refractivity contribution in [2.24, 2.45) is 0 Å². The summed E-state index contributed by atoms with van der Waals surface area (Å²) in [6.45, 7) is 4.68. The molecule has 1 atom stereocenters. The molecule has 0 aliphatic carbocycles. The summed E-state index contributed by atoms with van der Waals surface area (Å²) < 4.78 is 13.8. The normalized spacial score (nSPS) is 15.1. The molecule has 1 aromatic carbocycles. The Balaban J connectivity index is 1.63. The van der Waals surface area contributed by atoms with Crippen LogP contribution in [0.1, 0.15) is 17.6 Å². The smallest absolute Gasteiger partial charge is 0.197 e. The zero-order valence-corrected chi connectivity index (χ0v) is 15.1. The molecule has 0 radical (unpaired) electrons. The fourth-order valence-corrected chi connectivity index (χ4v) is 3.53. The lowest BCUT2D eigenvalue weighted by molar-refractivity contribution is 0.0821. The Morgan fingerprint density at radius 1 is 1.22 bits per heavy atom. The molecule has 0 spiro atoms. The van der Waals surface area contributed by atoms with E-state index in [-0.39, 0.29) is 6.10 Å².